The zero-order valence-corrected chi connectivity index (χ0v) is 18.4. The zero-order chi connectivity index (χ0) is 22.1. The van der Waals surface area contributed by atoms with Crippen LogP contribution in [-0.2, 0) is 0 Å². The van der Waals surface area contributed by atoms with Crippen LogP contribution in [0.2, 0.25) is 0 Å². The molecule has 0 bridgehead atoms. The average molecular weight is 424 g/mol. The molecule has 6 heteroatoms. The monoisotopic (exact) mass is 423 g/mol. The molecule has 32 heavy (non-hydrogen) atoms. The molecule has 0 atom stereocenters. The van der Waals surface area contributed by atoms with Crippen LogP contribution in [0.1, 0.15) is 11.4 Å². The normalized spacial score (nSPS) is 13.1. The second kappa shape index (κ2) is 8.23. The van der Waals surface area contributed by atoms with Gasteiger partial charge < -0.3 is 14.5 Å². The summed E-state index contributed by atoms with van der Waals surface area (Å²) in [6.07, 6.45) is 7.79. The lowest BCUT2D eigenvalue weighted by Gasteiger charge is -2.19. The summed E-state index contributed by atoms with van der Waals surface area (Å²) in [4.78, 5) is 8.57. The summed E-state index contributed by atoms with van der Waals surface area (Å²) >= 11 is 0. The Morgan fingerprint density at radius 3 is 2.31 bits per heavy atom. The molecule has 2 aromatic carbocycles. The Morgan fingerprint density at radius 1 is 0.875 bits per heavy atom. The predicted molar refractivity (Wildman–Crippen MR) is 127 cm³/mol. The van der Waals surface area contributed by atoms with E-state index in [4.69, 9.17) is 9.84 Å². The number of nitrogens with zero attached hydrogens (tertiary/aromatic N) is 5. The van der Waals surface area contributed by atoms with Crippen molar-refractivity contribution in [2.24, 2.45) is 0 Å². The van der Waals surface area contributed by atoms with Crippen molar-refractivity contribution in [3.05, 3.63) is 96.8 Å². The highest BCUT2D eigenvalue weighted by molar-refractivity contribution is 5.68. The molecule has 6 nitrogen and oxygen atoms in total. The first-order valence-corrected chi connectivity index (χ1v) is 10.6. The van der Waals surface area contributed by atoms with E-state index in [0.717, 1.165) is 52.1 Å². The molecule has 0 amide bonds. The van der Waals surface area contributed by atoms with E-state index >= 15 is 0 Å². The average Bonchev–Trinajstić information content (AvgIpc) is 3.37. The van der Waals surface area contributed by atoms with Gasteiger partial charge in [0, 0.05) is 66.5 Å². The van der Waals surface area contributed by atoms with Crippen molar-refractivity contribution in [2.45, 2.75) is 13.8 Å². The molecule has 0 fully saturated rings. The number of aryl methyl sites for hydroxylation is 1. The second-order valence-electron chi connectivity index (χ2n) is 7.96. The highest BCUT2D eigenvalue weighted by Crippen LogP contribution is 2.31. The van der Waals surface area contributed by atoms with Crippen LogP contribution in [0.5, 0.6) is 11.5 Å². The maximum atomic E-state index is 6.21. The summed E-state index contributed by atoms with van der Waals surface area (Å²) < 4.78 is 8.18. The first-order chi connectivity index (χ1) is 15.6. The van der Waals surface area contributed by atoms with Gasteiger partial charge in [0.25, 0.3) is 0 Å². The van der Waals surface area contributed by atoms with E-state index in [1.807, 2.05) is 60.3 Å². The minimum atomic E-state index is 0.768. The molecule has 0 saturated carbocycles. The van der Waals surface area contributed by atoms with E-state index in [1.54, 1.807) is 6.20 Å². The third-order valence-electron chi connectivity index (χ3n) is 5.57. The van der Waals surface area contributed by atoms with E-state index < -0.39 is 0 Å². The van der Waals surface area contributed by atoms with Gasteiger partial charge in [-0.05, 0) is 44.2 Å². The molecule has 0 N–H and O–H groups in total. The lowest BCUT2D eigenvalue weighted by atomic mass is 10.1. The molecule has 3 heterocycles. The van der Waals surface area contributed by atoms with Crippen LogP contribution < -0.4 is 9.64 Å². The third kappa shape index (κ3) is 3.83. The summed E-state index contributed by atoms with van der Waals surface area (Å²) in [6, 6.07) is 20.2. The Kier molecular flexibility index (Phi) is 5.11. The SMILES string of the molecule is Cc1nn(-c2cccc(Oc3cccc(N4C=CN(C)C4)c3)c2)c(C)c1-c1cccnc1. The number of aromatic nitrogens is 3. The minimum absolute atomic E-state index is 0.768. The fourth-order valence-electron chi connectivity index (χ4n) is 4.06. The van der Waals surface area contributed by atoms with E-state index in [1.165, 1.54) is 0 Å². The van der Waals surface area contributed by atoms with Gasteiger partial charge in [-0.3, -0.25) is 4.98 Å². The number of rotatable bonds is 5. The van der Waals surface area contributed by atoms with Gasteiger partial charge in [0.05, 0.1) is 18.1 Å². The van der Waals surface area contributed by atoms with E-state index in [0.29, 0.717) is 0 Å². The van der Waals surface area contributed by atoms with Gasteiger partial charge in [0.1, 0.15) is 11.5 Å². The molecule has 160 valence electrons. The van der Waals surface area contributed by atoms with E-state index in [2.05, 4.69) is 59.4 Å². The van der Waals surface area contributed by atoms with Crippen molar-refractivity contribution in [3.63, 3.8) is 0 Å². The topological polar surface area (TPSA) is 46.4 Å². The van der Waals surface area contributed by atoms with Crippen molar-refractivity contribution >= 4 is 5.69 Å². The van der Waals surface area contributed by atoms with Gasteiger partial charge in [0.15, 0.2) is 0 Å². The first-order valence-electron chi connectivity index (χ1n) is 10.6. The number of hydrogen-bond donors (Lipinski definition) is 0. The smallest absolute Gasteiger partial charge is 0.129 e. The van der Waals surface area contributed by atoms with Gasteiger partial charge in [0.2, 0.25) is 0 Å². The van der Waals surface area contributed by atoms with Crippen LogP contribution in [0.25, 0.3) is 16.8 Å². The summed E-state index contributed by atoms with van der Waals surface area (Å²) in [7, 11) is 2.06. The predicted octanol–water partition coefficient (Wildman–Crippen LogP) is 5.52. The van der Waals surface area contributed by atoms with Gasteiger partial charge in [-0.25, -0.2) is 4.68 Å². The van der Waals surface area contributed by atoms with Crippen LogP contribution in [0.4, 0.5) is 5.69 Å². The molecule has 0 spiro atoms. The summed E-state index contributed by atoms with van der Waals surface area (Å²) in [5, 5.41) is 4.79. The Balaban J connectivity index is 1.42. The largest absolute Gasteiger partial charge is 0.457 e. The Hall–Kier alpha value is -4.06. The van der Waals surface area contributed by atoms with Crippen molar-refractivity contribution in [2.75, 3.05) is 18.6 Å². The fourth-order valence-corrected chi connectivity index (χ4v) is 4.06. The van der Waals surface area contributed by atoms with Gasteiger partial charge in [-0.15, -0.1) is 0 Å². The summed E-state index contributed by atoms with van der Waals surface area (Å²) in [6.45, 7) is 4.94. The molecule has 4 aromatic rings. The van der Waals surface area contributed by atoms with E-state index in [9.17, 15) is 0 Å². The van der Waals surface area contributed by atoms with Crippen molar-refractivity contribution in [3.8, 4) is 28.3 Å². The van der Waals surface area contributed by atoms with Crippen molar-refractivity contribution in [1.29, 1.82) is 0 Å². The molecule has 2 aromatic heterocycles. The number of hydrogen-bond acceptors (Lipinski definition) is 5. The standard InChI is InChI=1S/C26H25N5O/c1-19-26(21-7-6-12-27-17-21)20(2)31(28-19)23-9-5-11-25(16-23)32-24-10-4-8-22(15-24)30-14-13-29(3)18-30/h4-17H,18H2,1-3H3. The zero-order valence-electron chi connectivity index (χ0n) is 18.4. The molecule has 1 aliphatic rings. The molecular formula is C26H25N5O. The van der Waals surface area contributed by atoms with E-state index in [-0.39, 0.29) is 0 Å². The lowest BCUT2D eigenvalue weighted by molar-refractivity contribution is 0.480. The van der Waals surface area contributed by atoms with Gasteiger partial charge >= 0.3 is 0 Å². The van der Waals surface area contributed by atoms with Crippen molar-refractivity contribution < 1.29 is 4.74 Å². The van der Waals surface area contributed by atoms with Gasteiger partial charge in [-0.1, -0.05) is 18.2 Å². The molecule has 0 saturated heterocycles. The minimum Gasteiger partial charge on any atom is -0.457 e. The Labute approximate surface area is 188 Å². The summed E-state index contributed by atoms with van der Waals surface area (Å²) in [5.41, 5.74) is 6.27. The molecule has 5 rings (SSSR count). The van der Waals surface area contributed by atoms with Crippen LogP contribution in [-0.4, -0.2) is 33.4 Å². The number of pyridine rings is 1. The third-order valence-corrected chi connectivity index (χ3v) is 5.57. The molecular weight excluding hydrogens is 398 g/mol. The number of anilines is 1. The van der Waals surface area contributed by atoms with Gasteiger partial charge in [-0.2, -0.15) is 5.10 Å². The van der Waals surface area contributed by atoms with Crippen molar-refractivity contribution in [1.82, 2.24) is 19.7 Å². The van der Waals surface area contributed by atoms with Crippen LogP contribution in [0.15, 0.2) is 85.5 Å². The first kappa shape index (κ1) is 19.9. The lowest BCUT2D eigenvalue weighted by Crippen LogP contribution is -2.21. The Bertz CT molecular complexity index is 1280. The van der Waals surface area contributed by atoms with Crippen LogP contribution in [0.3, 0.4) is 0 Å². The fraction of sp³-hybridized carbons (Fsp3) is 0.154. The quantitative estimate of drug-likeness (QED) is 0.423. The molecule has 0 radical (unpaired) electrons. The Morgan fingerprint density at radius 2 is 1.62 bits per heavy atom. The maximum Gasteiger partial charge on any atom is 0.129 e. The molecule has 1 aliphatic heterocycles. The van der Waals surface area contributed by atoms with Crippen LogP contribution >= 0.6 is 0 Å². The molecule has 0 aliphatic carbocycles. The molecule has 0 unspecified atom stereocenters. The highest BCUT2D eigenvalue weighted by Gasteiger charge is 2.15. The summed E-state index contributed by atoms with van der Waals surface area (Å²) in [5.74, 6) is 1.57. The maximum absolute atomic E-state index is 6.21. The number of ether oxygens (including phenoxy) is 1. The van der Waals surface area contributed by atoms with Crippen LogP contribution in [0, 0.1) is 13.8 Å². The highest BCUT2D eigenvalue weighted by atomic mass is 16.5. The number of benzene rings is 2. The second-order valence-corrected chi connectivity index (χ2v) is 7.96.